The lowest BCUT2D eigenvalue weighted by Gasteiger charge is -2.06. The molecule has 1 aromatic carbocycles. The SMILES string of the molecule is CCc1ccc(-n2cc(N)cnc2=O)cc1. The van der Waals surface area contributed by atoms with E-state index >= 15 is 0 Å². The van der Waals surface area contributed by atoms with Crippen LogP contribution < -0.4 is 11.4 Å². The molecule has 1 heterocycles. The zero-order valence-corrected chi connectivity index (χ0v) is 9.05. The lowest BCUT2D eigenvalue weighted by atomic mass is 10.1. The predicted molar refractivity (Wildman–Crippen MR) is 63.6 cm³/mol. The molecular formula is C12H13N3O. The van der Waals surface area contributed by atoms with Gasteiger partial charge in [0.1, 0.15) is 0 Å². The molecule has 4 nitrogen and oxygen atoms in total. The van der Waals surface area contributed by atoms with Crippen LogP contribution in [-0.2, 0) is 6.42 Å². The van der Waals surface area contributed by atoms with Crippen molar-refractivity contribution in [3.63, 3.8) is 0 Å². The minimum atomic E-state index is -0.321. The highest BCUT2D eigenvalue weighted by molar-refractivity contribution is 5.39. The van der Waals surface area contributed by atoms with Gasteiger partial charge in [0.05, 0.1) is 17.6 Å². The summed E-state index contributed by atoms with van der Waals surface area (Å²) in [6.07, 6.45) is 3.92. The van der Waals surface area contributed by atoms with Crippen molar-refractivity contribution >= 4 is 5.69 Å². The van der Waals surface area contributed by atoms with Crippen LogP contribution in [0.2, 0.25) is 0 Å². The fraction of sp³-hybridized carbons (Fsp3) is 0.167. The first kappa shape index (κ1) is 10.4. The molecule has 1 aromatic heterocycles. The maximum absolute atomic E-state index is 11.5. The largest absolute Gasteiger partial charge is 0.396 e. The van der Waals surface area contributed by atoms with Crippen molar-refractivity contribution in [1.82, 2.24) is 9.55 Å². The number of rotatable bonds is 2. The summed E-state index contributed by atoms with van der Waals surface area (Å²) in [7, 11) is 0. The highest BCUT2D eigenvalue weighted by atomic mass is 16.1. The van der Waals surface area contributed by atoms with Crippen molar-refractivity contribution in [2.24, 2.45) is 0 Å². The third-order valence-electron chi connectivity index (χ3n) is 2.43. The maximum atomic E-state index is 11.5. The van der Waals surface area contributed by atoms with Gasteiger partial charge in [0.25, 0.3) is 0 Å². The first-order valence-corrected chi connectivity index (χ1v) is 5.14. The van der Waals surface area contributed by atoms with E-state index in [1.54, 1.807) is 6.20 Å². The quantitative estimate of drug-likeness (QED) is 0.823. The van der Waals surface area contributed by atoms with Crippen molar-refractivity contribution in [2.45, 2.75) is 13.3 Å². The summed E-state index contributed by atoms with van der Waals surface area (Å²) >= 11 is 0. The van der Waals surface area contributed by atoms with E-state index in [1.165, 1.54) is 16.3 Å². The highest BCUT2D eigenvalue weighted by Gasteiger charge is 2.00. The third kappa shape index (κ3) is 1.95. The van der Waals surface area contributed by atoms with E-state index in [0.717, 1.165) is 12.1 Å². The number of nitrogens with zero attached hydrogens (tertiary/aromatic N) is 2. The minimum absolute atomic E-state index is 0.321. The predicted octanol–water partition coefficient (Wildman–Crippen LogP) is 1.38. The molecule has 0 bridgehead atoms. The molecule has 0 aliphatic rings. The van der Waals surface area contributed by atoms with Gasteiger partial charge in [0.15, 0.2) is 0 Å². The summed E-state index contributed by atoms with van der Waals surface area (Å²) in [5, 5.41) is 0. The van der Waals surface area contributed by atoms with E-state index in [-0.39, 0.29) is 5.69 Å². The molecule has 0 spiro atoms. The number of nitrogen functional groups attached to an aromatic ring is 1. The Morgan fingerprint density at radius 1 is 1.31 bits per heavy atom. The van der Waals surface area contributed by atoms with Gasteiger partial charge in [0, 0.05) is 6.20 Å². The number of anilines is 1. The zero-order chi connectivity index (χ0) is 11.5. The molecule has 0 atom stereocenters. The lowest BCUT2D eigenvalue weighted by molar-refractivity contribution is 0.916. The van der Waals surface area contributed by atoms with Gasteiger partial charge < -0.3 is 5.73 Å². The van der Waals surface area contributed by atoms with E-state index in [1.807, 2.05) is 24.3 Å². The van der Waals surface area contributed by atoms with Crippen LogP contribution in [-0.4, -0.2) is 9.55 Å². The molecule has 0 aliphatic heterocycles. The van der Waals surface area contributed by atoms with E-state index in [9.17, 15) is 4.79 Å². The molecule has 0 fully saturated rings. The summed E-state index contributed by atoms with van der Waals surface area (Å²) in [5.41, 5.74) is 7.76. The number of benzene rings is 1. The molecular weight excluding hydrogens is 202 g/mol. The second-order valence-corrected chi connectivity index (χ2v) is 3.56. The summed E-state index contributed by atoms with van der Waals surface area (Å²) in [6.45, 7) is 2.09. The molecule has 0 unspecified atom stereocenters. The molecule has 2 N–H and O–H groups in total. The van der Waals surface area contributed by atoms with Crippen LogP contribution in [0.1, 0.15) is 12.5 Å². The van der Waals surface area contributed by atoms with Crippen molar-refractivity contribution < 1.29 is 0 Å². The Hall–Kier alpha value is -2.10. The Labute approximate surface area is 93.4 Å². The van der Waals surface area contributed by atoms with Crippen LogP contribution in [0, 0.1) is 0 Å². The maximum Gasteiger partial charge on any atom is 0.352 e. The van der Waals surface area contributed by atoms with Gasteiger partial charge in [-0.1, -0.05) is 19.1 Å². The van der Waals surface area contributed by atoms with Crippen molar-refractivity contribution in [3.05, 3.63) is 52.7 Å². The van der Waals surface area contributed by atoms with Crippen LogP contribution in [0.5, 0.6) is 0 Å². The Balaban J connectivity index is 2.50. The number of aromatic nitrogens is 2. The molecule has 0 amide bonds. The second kappa shape index (κ2) is 4.18. The second-order valence-electron chi connectivity index (χ2n) is 3.56. The van der Waals surface area contributed by atoms with Gasteiger partial charge in [-0.15, -0.1) is 0 Å². The van der Waals surface area contributed by atoms with Gasteiger partial charge in [0.2, 0.25) is 0 Å². The van der Waals surface area contributed by atoms with Gasteiger partial charge in [-0.05, 0) is 24.1 Å². The standard InChI is InChI=1S/C12H13N3O/c1-2-9-3-5-11(6-4-9)15-8-10(13)7-14-12(15)16/h3-8H,2,13H2,1H3. The first-order valence-electron chi connectivity index (χ1n) is 5.14. The number of nitrogens with two attached hydrogens (primary N) is 1. The normalized spacial score (nSPS) is 10.3. The van der Waals surface area contributed by atoms with Gasteiger partial charge >= 0.3 is 5.69 Å². The van der Waals surface area contributed by atoms with Crippen LogP contribution in [0.3, 0.4) is 0 Å². The Bertz CT molecular complexity index is 543. The molecule has 0 aliphatic carbocycles. The Morgan fingerprint density at radius 2 is 2.00 bits per heavy atom. The Kier molecular flexibility index (Phi) is 2.72. The summed E-state index contributed by atoms with van der Waals surface area (Å²) in [4.78, 5) is 15.2. The number of aryl methyl sites for hydroxylation is 1. The average molecular weight is 215 g/mol. The molecule has 0 radical (unpaired) electrons. The summed E-state index contributed by atoms with van der Waals surface area (Å²) in [6, 6.07) is 7.76. The van der Waals surface area contributed by atoms with Crippen LogP contribution in [0.15, 0.2) is 41.5 Å². The first-order chi connectivity index (χ1) is 7.70. The number of hydrogen-bond donors (Lipinski definition) is 1. The van der Waals surface area contributed by atoms with Crippen LogP contribution in [0.25, 0.3) is 5.69 Å². The van der Waals surface area contributed by atoms with Gasteiger partial charge in [-0.3, -0.25) is 4.57 Å². The molecule has 82 valence electrons. The average Bonchev–Trinajstić information content (AvgIpc) is 2.32. The molecule has 2 aromatic rings. The lowest BCUT2D eigenvalue weighted by Crippen LogP contribution is -2.20. The van der Waals surface area contributed by atoms with Gasteiger partial charge in [-0.2, -0.15) is 4.98 Å². The summed E-state index contributed by atoms with van der Waals surface area (Å²) < 4.78 is 1.44. The van der Waals surface area contributed by atoms with Gasteiger partial charge in [-0.25, -0.2) is 4.79 Å². The van der Waals surface area contributed by atoms with Crippen molar-refractivity contribution in [1.29, 1.82) is 0 Å². The fourth-order valence-corrected chi connectivity index (χ4v) is 1.51. The molecule has 4 heteroatoms. The fourth-order valence-electron chi connectivity index (χ4n) is 1.51. The number of hydrogen-bond acceptors (Lipinski definition) is 3. The minimum Gasteiger partial charge on any atom is -0.396 e. The third-order valence-corrected chi connectivity index (χ3v) is 2.43. The zero-order valence-electron chi connectivity index (χ0n) is 9.05. The molecule has 16 heavy (non-hydrogen) atoms. The molecule has 2 rings (SSSR count). The highest BCUT2D eigenvalue weighted by Crippen LogP contribution is 2.09. The van der Waals surface area contributed by atoms with Crippen molar-refractivity contribution in [3.8, 4) is 5.69 Å². The van der Waals surface area contributed by atoms with Crippen molar-refractivity contribution in [2.75, 3.05) is 5.73 Å². The molecule has 0 saturated carbocycles. The van der Waals surface area contributed by atoms with E-state index < -0.39 is 0 Å². The van der Waals surface area contributed by atoms with Crippen LogP contribution >= 0.6 is 0 Å². The van der Waals surface area contributed by atoms with E-state index in [4.69, 9.17) is 5.73 Å². The Morgan fingerprint density at radius 3 is 2.62 bits per heavy atom. The van der Waals surface area contributed by atoms with E-state index in [2.05, 4.69) is 11.9 Å². The summed E-state index contributed by atoms with van der Waals surface area (Å²) in [5.74, 6) is 0. The monoisotopic (exact) mass is 215 g/mol. The topological polar surface area (TPSA) is 60.9 Å². The smallest absolute Gasteiger partial charge is 0.352 e. The van der Waals surface area contributed by atoms with E-state index in [0.29, 0.717) is 5.69 Å². The molecule has 0 saturated heterocycles. The van der Waals surface area contributed by atoms with Crippen LogP contribution in [0.4, 0.5) is 5.69 Å².